The summed E-state index contributed by atoms with van der Waals surface area (Å²) in [5.41, 5.74) is 0.516. The van der Waals surface area contributed by atoms with Gasteiger partial charge in [0.15, 0.2) is 9.84 Å². The van der Waals surface area contributed by atoms with Crippen LogP contribution >= 0.6 is 0 Å². The number of nitrogens with one attached hydrogen (secondary N) is 1. The molecule has 9 heteroatoms. The highest BCUT2D eigenvalue weighted by Crippen LogP contribution is 2.30. The first-order valence-electron chi connectivity index (χ1n) is 9.65. The van der Waals surface area contributed by atoms with Crippen LogP contribution in [-0.2, 0) is 25.0 Å². The van der Waals surface area contributed by atoms with Crippen LogP contribution in [0.25, 0.3) is 0 Å². The third-order valence-corrected chi connectivity index (χ3v) is 7.62. The SMILES string of the molecule is CC(C)c1ccc([C@]2(C)NC(=O)N(CC(=O)N(C)[C@H]3CCS(=O)(=O)C3)C2=O)cc1. The largest absolute Gasteiger partial charge is 0.340 e. The summed E-state index contributed by atoms with van der Waals surface area (Å²) in [6.07, 6.45) is 0.366. The average molecular weight is 422 g/mol. The Bertz CT molecular complexity index is 941. The number of carbonyl (C=O) groups excluding carboxylic acids is 3. The monoisotopic (exact) mass is 421 g/mol. The zero-order valence-electron chi connectivity index (χ0n) is 17.1. The van der Waals surface area contributed by atoms with Crippen LogP contribution in [-0.4, -0.2) is 67.2 Å². The van der Waals surface area contributed by atoms with Crippen molar-refractivity contribution in [1.82, 2.24) is 15.1 Å². The molecule has 1 aromatic rings. The molecule has 2 aliphatic rings. The molecule has 2 aliphatic heterocycles. The van der Waals surface area contributed by atoms with E-state index in [0.29, 0.717) is 17.9 Å². The van der Waals surface area contributed by atoms with Crippen LogP contribution in [0.1, 0.15) is 44.2 Å². The molecule has 2 saturated heterocycles. The van der Waals surface area contributed by atoms with Gasteiger partial charge in [-0.3, -0.25) is 14.5 Å². The number of hydrogen-bond donors (Lipinski definition) is 1. The van der Waals surface area contributed by atoms with E-state index in [0.717, 1.165) is 10.5 Å². The van der Waals surface area contributed by atoms with E-state index in [1.54, 1.807) is 6.92 Å². The summed E-state index contributed by atoms with van der Waals surface area (Å²) in [5.74, 6) is -0.664. The van der Waals surface area contributed by atoms with Crippen LogP contribution in [0.4, 0.5) is 4.79 Å². The van der Waals surface area contributed by atoms with Crippen molar-refractivity contribution in [3.05, 3.63) is 35.4 Å². The summed E-state index contributed by atoms with van der Waals surface area (Å²) in [7, 11) is -1.63. The second-order valence-corrected chi connectivity index (χ2v) is 10.5. The molecule has 0 unspecified atom stereocenters. The lowest BCUT2D eigenvalue weighted by atomic mass is 9.90. The molecule has 1 N–H and O–H groups in total. The first kappa shape index (κ1) is 21.3. The molecule has 0 spiro atoms. The summed E-state index contributed by atoms with van der Waals surface area (Å²) in [6, 6.07) is 6.41. The fourth-order valence-electron chi connectivity index (χ4n) is 3.77. The van der Waals surface area contributed by atoms with Gasteiger partial charge < -0.3 is 10.2 Å². The van der Waals surface area contributed by atoms with Crippen LogP contribution in [0, 0.1) is 0 Å². The van der Waals surface area contributed by atoms with E-state index in [-0.39, 0.29) is 11.5 Å². The standard InChI is InChI=1S/C20H27N3O5S/c1-13(2)14-5-7-15(8-6-14)20(3)18(25)23(19(26)21-20)11-17(24)22(4)16-9-10-29(27,28)12-16/h5-8,13,16H,9-12H2,1-4H3,(H,21,26)/t16-,20-/m0/s1. The maximum atomic E-state index is 13.0. The van der Waals surface area contributed by atoms with E-state index in [4.69, 9.17) is 0 Å². The van der Waals surface area contributed by atoms with Crippen molar-refractivity contribution in [3.8, 4) is 0 Å². The molecule has 4 amide bonds. The van der Waals surface area contributed by atoms with Gasteiger partial charge in [-0.15, -0.1) is 0 Å². The van der Waals surface area contributed by atoms with Crippen molar-refractivity contribution in [2.45, 2.75) is 44.7 Å². The normalized spacial score (nSPS) is 26.1. The Kier molecular flexibility index (Phi) is 5.46. The molecule has 2 heterocycles. The number of nitrogens with zero attached hydrogens (tertiary/aromatic N) is 2. The number of imide groups is 1. The Morgan fingerprint density at radius 1 is 1.28 bits per heavy atom. The Balaban J connectivity index is 1.74. The molecule has 1 aromatic carbocycles. The van der Waals surface area contributed by atoms with Crippen molar-refractivity contribution in [2.75, 3.05) is 25.1 Å². The van der Waals surface area contributed by atoms with Gasteiger partial charge in [0, 0.05) is 13.1 Å². The molecule has 2 atom stereocenters. The number of amides is 4. The fourth-order valence-corrected chi connectivity index (χ4v) is 5.54. The predicted molar refractivity (Wildman–Crippen MR) is 108 cm³/mol. The van der Waals surface area contributed by atoms with E-state index >= 15 is 0 Å². The minimum absolute atomic E-state index is 0.0445. The van der Waals surface area contributed by atoms with Crippen LogP contribution < -0.4 is 5.32 Å². The average Bonchev–Trinajstić information content (AvgIpc) is 3.13. The zero-order valence-corrected chi connectivity index (χ0v) is 18.0. The van der Waals surface area contributed by atoms with Crippen molar-refractivity contribution in [1.29, 1.82) is 0 Å². The lowest BCUT2D eigenvalue weighted by Crippen LogP contribution is -2.46. The van der Waals surface area contributed by atoms with Crippen molar-refractivity contribution in [2.24, 2.45) is 0 Å². The highest BCUT2D eigenvalue weighted by molar-refractivity contribution is 7.91. The van der Waals surface area contributed by atoms with E-state index < -0.39 is 45.8 Å². The quantitative estimate of drug-likeness (QED) is 0.720. The van der Waals surface area contributed by atoms with Gasteiger partial charge in [-0.05, 0) is 30.4 Å². The Hall–Kier alpha value is -2.42. The van der Waals surface area contributed by atoms with Crippen molar-refractivity contribution >= 4 is 27.7 Å². The molecule has 3 rings (SSSR count). The fraction of sp³-hybridized carbons (Fsp3) is 0.550. The highest BCUT2D eigenvalue weighted by atomic mass is 32.2. The summed E-state index contributed by atoms with van der Waals surface area (Å²) < 4.78 is 23.3. The Labute approximate surface area is 171 Å². The van der Waals surface area contributed by atoms with Crippen molar-refractivity contribution < 1.29 is 22.8 Å². The molecule has 8 nitrogen and oxygen atoms in total. The molecular formula is C20H27N3O5S. The van der Waals surface area contributed by atoms with Gasteiger partial charge in [-0.2, -0.15) is 0 Å². The van der Waals surface area contributed by atoms with E-state index in [9.17, 15) is 22.8 Å². The molecule has 29 heavy (non-hydrogen) atoms. The Morgan fingerprint density at radius 3 is 2.41 bits per heavy atom. The van der Waals surface area contributed by atoms with Gasteiger partial charge >= 0.3 is 6.03 Å². The maximum absolute atomic E-state index is 13.0. The van der Waals surface area contributed by atoms with Crippen LogP contribution in [0.15, 0.2) is 24.3 Å². The third kappa shape index (κ3) is 4.01. The maximum Gasteiger partial charge on any atom is 0.325 e. The topological polar surface area (TPSA) is 104 Å². The van der Waals surface area contributed by atoms with E-state index in [2.05, 4.69) is 19.2 Å². The van der Waals surface area contributed by atoms with Gasteiger partial charge in [0.25, 0.3) is 5.91 Å². The molecular weight excluding hydrogens is 394 g/mol. The van der Waals surface area contributed by atoms with E-state index in [1.807, 2.05) is 24.3 Å². The molecule has 158 valence electrons. The number of carbonyl (C=O) groups is 3. The second-order valence-electron chi connectivity index (χ2n) is 8.28. The molecule has 0 aromatic heterocycles. The summed E-state index contributed by atoms with van der Waals surface area (Å²) in [5, 5.41) is 2.69. The number of hydrogen-bond acceptors (Lipinski definition) is 5. The molecule has 0 bridgehead atoms. The predicted octanol–water partition coefficient (Wildman–Crippen LogP) is 1.22. The molecule has 0 saturated carbocycles. The number of urea groups is 1. The van der Waals surface area contributed by atoms with Crippen LogP contribution in [0.5, 0.6) is 0 Å². The minimum atomic E-state index is -3.14. The third-order valence-electron chi connectivity index (χ3n) is 5.87. The minimum Gasteiger partial charge on any atom is -0.340 e. The van der Waals surface area contributed by atoms with E-state index in [1.165, 1.54) is 11.9 Å². The van der Waals surface area contributed by atoms with Crippen molar-refractivity contribution in [3.63, 3.8) is 0 Å². The first-order valence-corrected chi connectivity index (χ1v) is 11.5. The lowest BCUT2D eigenvalue weighted by molar-refractivity contribution is -0.139. The van der Waals surface area contributed by atoms with Gasteiger partial charge in [0.05, 0.1) is 11.5 Å². The van der Waals surface area contributed by atoms with Crippen LogP contribution in [0.2, 0.25) is 0 Å². The van der Waals surface area contributed by atoms with Gasteiger partial charge in [0.2, 0.25) is 5.91 Å². The molecule has 0 radical (unpaired) electrons. The van der Waals surface area contributed by atoms with Crippen LogP contribution in [0.3, 0.4) is 0 Å². The first-order chi connectivity index (χ1) is 13.4. The highest BCUT2D eigenvalue weighted by Gasteiger charge is 2.50. The van der Waals surface area contributed by atoms with Gasteiger partial charge in [-0.25, -0.2) is 13.2 Å². The number of likely N-dealkylation sites (N-methyl/N-ethyl adjacent to an activating group) is 1. The van der Waals surface area contributed by atoms with Gasteiger partial charge in [0.1, 0.15) is 12.1 Å². The summed E-state index contributed by atoms with van der Waals surface area (Å²) in [4.78, 5) is 40.3. The summed E-state index contributed by atoms with van der Waals surface area (Å²) >= 11 is 0. The smallest absolute Gasteiger partial charge is 0.325 e. The molecule has 2 fully saturated rings. The number of benzene rings is 1. The summed E-state index contributed by atoms with van der Waals surface area (Å²) in [6.45, 7) is 5.34. The Morgan fingerprint density at radius 2 is 1.90 bits per heavy atom. The molecule has 0 aliphatic carbocycles. The number of rotatable bonds is 5. The number of sulfone groups is 1. The second kappa shape index (κ2) is 7.44. The van der Waals surface area contributed by atoms with Gasteiger partial charge in [-0.1, -0.05) is 38.1 Å². The lowest BCUT2D eigenvalue weighted by Gasteiger charge is -2.26. The zero-order chi connectivity index (χ0) is 21.6.